The van der Waals surface area contributed by atoms with Crippen molar-refractivity contribution in [3.05, 3.63) is 40.2 Å². The predicted molar refractivity (Wildman–Crippen MR) is 168 cm³/mol. The molecule has 0 radical (unpaired) electrons. The predicted octanol–water partition coefficient (Wildman–Crippen LogP) is 6.19. The molecule has 0 bridgehead atoms. The zero-order valence-corrected chi connectivity index (χ0v) is 25.8. The van der Waals surface area contributed by atoms with Crippen LogP contribution in [-0.4, -0.2) is 78.2 Å². The number of nitrogens with two attached hydrogens (primary N) is 1. The van der Waals surface area contributed by atoms with Crippen molar-refractivity contribution in [2.45, 2.75) is 50.1 Å². The van der Waals surface area contributed by atoms with E-state index in [0.717, 1.165) is 11.3 Å². The molecule has 4 fully saturated rings. The van der Waals surface area contributed by atoms with E-state index in [1.54, 1.807) is 24.0 Å². The van der Waals surface area contributed by atoms with Crippen LogP contribution < -0.4 is 15.4 Å². The maximum absolute atomic E-state index is 15.1. The van der Waals surface area contributed by atoms with Crippen LogP contribution in [0.4, 0.5) is 24.0 Å². The fourth-order valence-electron chi connectivity index (χ4n) is 7.54. The van der Waals surface area contributed by atoms with Gasteiger partial charge in [0.2, 0.25) is 0 Å². The number of anilines is 2. The van der Waals surface area contributed by atoms with E-state index in [9.17, 15) is 14.0 Å². The third-order valence-corrected chi connectivity index (χ3v) is 11.1. The van der Waals surface area contributed by atoms with Crippen LogP contribution in [0.2, 0.25) is 5.02 Å². The minimum Gasteiger partial charge on any atom is -0.461 e. The molecule has 8 rings (SSSR count). The van der Waals surface area contributed by atoms with Gasteiger partial charge in [-0.05, 0) is 49.6 Å². The van der Waals surface area contributed by atoms with Crippen molar-refractivity contribution in [2.75, 3.05) is 50.0 Å². The SMILES string of the molecule is [2H]C([2H])(Oc1nc(N2CCOC[C@H]3[C@H](F)[C@H]32)c2cc(Cl)c(-c3ccc(F)c4sc(N)c(C#N)c34)c(C)c2n1)[C@@]12CCCN1C[C@H](F)C2. The van der Waals surface area contributed by atoms with Gasteiger partial charge < -0.3 is 20.1 Å². The van der Waals surface area contributed by atoms with Crippen molar-refractivity contribution >= 4 is 54.7 Å². The summed E-state index contributed by atoms with van der Waals surface area (Å²) in [5.74, 6) is -0.554. The summed E-state index contributed by atoms with van der Waals surface area (Å²) in [6.07, 6.45) is -1.21. The lowest BCUT2D eigenvalue weighted by molar-refractivity contribution is 0.107. The quantitative estimate of drug-likeness (QED) is 0.271. The number of nitrogen functional groups attached to an aromatic ring is 1. The second-order valence-electron chi connectivity index (χ2n) is 12.3. The Morgan fingerprint density at radius 1 is 1.33 bits per heavy atom. The van der Waals surface area contributed by atoms with Gasteiger partial charge in [-0.3, -0.25) is 4.90 Å². The summed E-state index contributed by atoms with van der Waals surface area (Å²) in [6, 6.07) is 5.79. The highest BCUT2D eigenvalue weighted by molar-refractivity contribution is 7.23. The Morgan fingerprint density at radius 2 is 2.18 bits per heavy atom. The van der Waals surface area contributed by atoms with Crippen molar-refractivity contribution in [3.8, 4) is 23.2 Å². The van der Waals surface area contributed by atoms with Crippen LogP contribution in [0.3, 0.4) is 0 Å². The van der Waals surface area contributed by atoms with Crippen LogP contribution in [0.5, 0.6) is 6.01 Å². The molecule has 3 aliphatic heterocycles. The van der Waals surface area contributed by atoms with E-state index in [2.05, 4.69) is 6.07 Å². The van der Waals surface area contributed by atoms with Gasteiger partial charge in [0.1, 0.15) is 41.6 Å². The Kier molecular flexibility index (Phi) is 6.31. The van der Waals surface area contributed by atoms with Crippen LogP contribution in [0.1, 0.15) is 33.1 Å². The van der Waals surface area contributed by atoms with Crippen LogP contribution in [-0.2, 0) is 4.74 Å². The second-order valence-corrected chi connectivity index (χ2v) is 13.7. The lowest BCUT2D eigenvalue weighted by Crippen LogP contribution is -2.43. The highest BCUT2D eigenvalue weighted by atomic mass is 35.5. The lowest BCUT2D eigenvalue weighted by Gasteiger charge is -2.31. The third-order valence-electron chi connectivity index (χ3n) is 9.73. The second kappa shape index (κ2) is 10.6. The van der Waals surface area contributed by atoms with Gasteiger partial charge in [0, 0.05) is 46.8 Å². The highest BCUT2D eigenvalue weighted by Crippen LogP contribution is 2.48. The molecule has 0 unspecified atom stereocenters. The van der Waals surface area contributed by atoms with Gasteiger partial charge in [-0.15, -0.1) is 11.3 Å². The average Bonchev–Trinajstić information content (AvgIpc) is 3.21. The largest absolute Gasteiger partial charge is 0.461 e. The van der Waals surface area contributed by atoms with Gasteiger partial charge in [0.05, 0.1) is 43.3 Å². The molecule has 45 heavy (non-hydrogen) atoms. The highest BCUT2D eigenvalue weighted by Gasteiger charge is 2.56. The molecule has 5 heterocycles. The Balaban J connectivity index is 1.34. The number of nitrogens with zero attached hydrogens (tertiary/aromatic N) is 5. The van der Waals surface area contributed by atoms with Gasteiger partial charge >= 0.3 is 6.01 Å². The number of rotatable bonds is 5. The number of aromatic nitrogens is 2. The van der Waals surface area contributed by atoms with E-state index in [1.807, 2.05) is 4.90 Å². The average molecular weight is 657 g/mol. The van der Waals surface area contributed by atoms with E-state index in [-0.39, 0.29) is 51.8 Å². The van der Waals surface area contributed by atoms with Crippen LogP contribution in [0.25, 0.3) is 32.1 Å². The molecule has 2 aromatic carbocycles. The fourth-order valence-corrected chi connectivity index (χ4v) is 8.85. The summed E-state index contributed by atoms with van der Waals surface area (Å²) in [5, 5.41) is 11.2. The topological polar surface area (TPSA) is 101 Å². The maximum atomic E-state index is 15.1. The lowest BCUT2D eigenvalue weighted by atomic mass is 9.93. The van der Waals surface area contributed by atoms with Gasteiger partial charge in [0.25, 0.3) is 0 Å². The number of benzene rings is 2. The smallest absolute Gasteiger partial charge is 0.319 e. The monoisotopic (exact) mass is 656 g/mol. The number of halogens is 4. The molecular weight excluding hydrogens is 625 g/mol. The molecule has 1 aliphatic carbocycles. The van der Waals surface area contributed by atoms with Crippen molar-refractivity contribution in [1.82, 2.24) is 14.9 Å². The number of nitriles is 1. The molecule has 4 aliphatic rings. The Labute approximate surface area is 269 Å². The van der Waals surface area contributed by atoms with E-state index in [0.29, 0.717) is 71.3 Å². The van der Waals surface area contributed by atoms with Gasteiger partial charge in [-0.1, -0.05) is 17.7 Å². The van der Waals surface area contributed by atoms with Crippen LogP contribution in [0, 0.1) is 30.0 Å². The number of ether oxygens (including phenoxy) is 2. The summed E-state index contributed by atoms with van der Waals surface area (Å²) < 4.78 is 74.8. The first kappa shape index (κ1) is 26.8. The normalized spacial score (nSPS) is 28.8. The molecule has 234 valence electrons. The molecule has 2 N–H and O–H groups in total. The van der Waals surface area contributed by atoms with E-state index < -0.39 is 36.3 Å². The summed E-state index contributed by atoms with van der Waals surface area (Å²) >= 11 is 7.98. The van der Waals surface area contributed by atoms with E-state index in [4.69, 9.17) is 39.5 Å². The molecule has 4 aromatic rings. The molecular formula is C32H30ClF3N6O2S. The minimum atomic E-state index is -2.36. The van der Waals surface area contributed by atoms with Crippen molar-refractivity contribution in [1.29, 1.82) is 5.26 Å². The molecule has 0 spiro atoms. The first-order valence-corrected chi connectivity index (χ1v) is 16.1. The third kappa shape index (κ3) is 4.46. The van der Waals surface area contributed by atoms with Crippen molar-refractivity contribution in [3.63, 3.8) is 0 Å². The zero-order valence-electron chi connectivity index (χ0n) is 26.2. The van der Waals surface area contributed by atoms with Crippen molar-refractivity contribution in [2.24, 2.45) is 5.92 Å². The van der Waals surface area contributed by atoms with Gasteiger partial charge in [-0.2, -0.15) is 15.2 Å². The maximum Gasteiger partial charge on any atom is 0.319 e. The van der Waals surface area contributed by atoms with Crippen LogP contribution in [0.15, 0.2) is 18.2 Å². The number of thiophene rings is 1. The number of hydrogen-bond donors (Lipinski definition) is 1. The Hall–Kier alpha value is -3.37. The summed E-state index contributed by atoms with van der Waals surface area (Å²) in [5.41, 5.74) is 6.90. The Morgan fingerprint density at radius 3 is 3.00 bits per heavy atom. The standard InChI is InChI=1S/C32H30ClF3N6O2S/c1-15-23(17-3-4-22(35)28-24(17)19(11-37)29(38)45-28)21(33)9-18-26(15)39-31(44-14-32-5-2-6-41(32)12-16(34)10-32)40-30(18)42-7-8-43-13-20-25(36)27(20)42/h3-4,9,16,20,25,27H,2,5-8,10,12-14,38H2,1H3/t16-,20+,25+,27+,32+/m1/s1/i14D2. The molecule has 13 heteroatoms. The molecule has 1 saturated carbocycles. The van der Waals surface area contributed by atoms with Gasteiger partial charge in [-0.25, -0.2) is 13.2 Å². The number of alkyl halides is 2. The molecule has 8 nitrogen and oxygen atoms in total. The number of hydrogen-bond acceptors (Lipinski definition) is 9. The van der Waals surface area contributed by atoms with E-state index >= 15 is 4.39 Å². The Bertz CT molecular complexity index is 2010. The first-order chi connectivity index (χ1) is 22.5. The summed E-state index contributed by atoms with van der Waals surface area (Å²) in [6.45, 7) is 1.02. The molecule has 2 aromatic heterocycles. The first-order valence-electron chi connectivity index (χ1n) is 15.9. The fraction of sp³-hybridized carbons (Fsp3) is 0.469. The van der Waals surface area contributed by atoms with E-state index in [1.165, 1.54) is 6.07 Å². The molecule has 5 atom stereocenters. The molecule has 0 amide bonds. The number of aryl methyl sites for hydroxylation is 1. The van der Waals surface area contributed by atoms with Crippen molar-refractivity contribution < 1.29 is 25.4 Å². The summed E-state index contributed by atoms with van der Waals surface area (Å²) in [4.78, 5) is 13.0. The summed E-state index contributed by atoms with van der Waals surface area (Å²) in [7, 11) is 0. The van der Waals surface area contributed by atoms with Gasteiger partial charge in [0.15, 0.2) is 0 Å². The minimum absolute atomic E-state index is 0.0124. The zero-order chi connectivity index (χ0) is 33.0. The molecule has 3 saturated heterocycles. The number of fused-ring (bicyclic) bond motifs is 4. The van der Waals surface area contributed by atoms with Crippen LogP contribution >= 0.6 is 22.9 Å².